The van der Waals surface area contributed by atoms with Crippen LogP contribution in [0.1, 0.15) is 99.3 Å². The minimum Gasteiger partial charge on any atom is -0.373 e. The van der Waals surface area contributed by atoms with Crippen LogP contribution >= 0.6 is 0 Å². The Kier molecular flexibility index (Phi) is 6.86. The number of alkyl halides is 3. The second kappa shape index (κ2) is 10.0. The first-order valence-electron chi connectivity index (χ1n) is 14.7. The van der Waals surface area contributed by atoms with Crippen LogP contribution in [0.15, 0.2) is 23.1 Å². The van der Waals surface area contributed by atoms with Crippen molar-refractivity contribution in [2.24, 2.45) is 5.41 Å². The molecule has 3 aromatic rings. The fourth-order valence-electron chi connectivity index (χ4n) is 7.03. The van der Waals surface area contributed by atoms with Crippen molar-refractivity contribution in [1.82, 2.24) is 24.6 Å². The number of pyridine rings is 1. The molecule has 41 heavy (non-hydrogen) atoms. The summed E-state index contributed by atoms with van der Waals surface area (Å²) in [5, 5.41) is 2.06. The summed E-state index contributed by atoms with van der Waals surface area (Å²) in [5.74, 6) is 0.531. The minimum atomic E-state index is -4.20. The van der Waals surface area contributed by atoms with Gasteiger partial charge in [-0.25, -0.2) is 24.6 Å². The van der Waals surface area contributed by atoms with Crippen molar-refractivity contribution in [2.75, 3.05) is 24.7 Å². The van der Waals surface area contributed by atoms with E-state index in [4.69, 9.17) is 19.7 Å². The van der Waals surface area contributed by atoms with Gasteiger partial charge in [0.05, 0.1) is 28.6 Å². The van der Waals surface area contributed by atoms with Gasteiger partial charge in [-0.3, -0.25) is 4.79 Å². The third-order valence-electron chi connectivity index (χ3n) is 9.30. The number of rotatable bonds is 8. The lowest BCUT2D eigenvalue weighted by Crippen LogP contribution is -2.70. The van der Waals surface area contributed by atoms with Crippen molar-refractivity contribution in [3.05, 3.63) is 57.2 Å². The Labute approximate surface area is 237 Å². The summed E-state index contributed by atoms with van der Waals surface area (Å²) in [6.45, 7) is 9.93. The van der Waals surface area contributed by atoms with Crippen LogP contribution in [0.2, 0.25) is 0 Å². The Morgan fingerprint density at radius 1 is 1.02 bits per heavy atom. The summed E-state index contributed by atoms with van der Waals surface area (Å²) in [6.07, 6.45) is 0.703. The molecule has 0 amide bonds. The fourth-order valence-corrected chi connectivity index (χ4v) is 7.03. The van der Waals surface area contributed by atoms with Gasteiger partial charge in [-0.2, -0.15) is 13.2 Å². The maximum atomic E-state index is 13.7. The lowest BCUT2D eigenvalue weighted by molar-refractivity contribution is -0.337. The van der Waals surface area contributed by atoms with Crippen molar-refractivity contribution in [3.8, 4) is 0 Å². The van der Waals surface area contributed by atoms with Crippen LogP contribution in [0.25, 0.3) is 11.2 Å². The first-order valence-corrected chi connectivity index (χ1v) is 14.7. The van der Waals surface area contributed by atoms with E-state index >= 15 is 0 Å². The Balaban J connectivity index is 1.33. The molecule has 1 aliphatic heterocycles. The summed E-state index contributed by atoms with van der Waals surface area (Å²) in [7, 11) is 0. The van der Waals surface area contributed by atoms with Gasteiger partial charge in [-0.15, -0.1) is 0 Å². The Bertz CT molecular complexity index is 1510. The monoisotopic (exact) mass is 570 g/mol. The average molecular weight is 571 g/mol. The van der Waals surface area contributed by atoms with E-state index < -0.39 is 17.0 Å². The number of hydrogen-bond donors (Lipinski definition) is 0. The average Bonchev–Trinajstić information content (AvgIpc) is 2.87. The number of aryl methyl sites for hydroxylation is 2. The van der Waals surface area contributed by atoms with Crippen molar-refractivity contribution in [1.29, 1.82) is 0 Å². The summed E-state index contributed by atoms with van der Waals surface area (Å²) in [5.41, 5.74) is 1.68. The molecule has 3 saturated carbocycles. The van der Waals surface area contributed by atoms with E-state index in [0.29, 0.717) is 42.1 Å². The van der Waals surface area contributed by atoms with Crippen molar-refractivity contribution >= 4 is 11.2 Å². The molecule has 3 aliphatic carbocycles. The summed E-state index contributed by atoms with van der Waals surface area (Å²) < 4.78 is 49.0. The van der Waals surface area contributed by atoms with Crippen LogP contribution in [0.3, 0.4) is 0 Å². The number of hydrogen-bond acceptors (Lipinski definition) is 7. The van der Waals surface area contributed by atoms with Gasteiger partial charge < -0.3 is 9.75 Å². The molecule has 3 aromatic heterocycles. The molecule has 4 aliphatic rings. The van der Waals surface area contributed by atoms with Gasteiger partial charge in [-0.1, -0.05) is 13.8 Å². The van der Waals surface area contributed by atoms with Crippen LogP contribution in [-0.2, 0) is 10.2 Å². The van der Waals surface area contributed by atoms with Gasteiger partial charge in [0, 0.05) is 43.3 Å². The molecule has 4 fully saturated rings. The van der Waals surface area contributed by atoms with Gasteiger partial charge in [0.1, 0.15) is 11.3 Å². The summed E-state index contributed by atoms with van der Waals surface area (Å²) in [6, 6.07) is 3.41. The van der Waals surface area contributed by atoms with E-state index in [1.807, 2.05) is 26.1 Å². The summed E-state index contributed by atoms with van der Waals surface area (Å²) in [4.78, 5) is 31.9. The van der Waals surface area contributed by atoms with Gasteiger partial charge >= 0.3 is 6.18 Å². The molecule has 2 bridgehead atoms. The summed E-state index contributed by atoms with van der Waals surface area (Å²) >= 11 is 0. The molecule has 0 spiro atoms. The number of ether oxygens (including phenoxy) is 1. The highest BCUT2D eigenvalue weighted by Crippen LogP contribution is 2.78. The zero-order valence-corrected chi connectivity index (χ0v) is 24.1. The van der Waals surface area contributed by atoms with E-state index in [0.717, 1.165) is 42.9 Å². The molecule has 7 rings (SSSR count). The SMILES string of the molecule is CCCN(CCC)n1cc(C2CC(c3nc(C45CC(C(F)(F)F)(C4)C5)c4nc(C)c(C)nc4n3)CCO2)ccc1=O. The van der Waals surface area contributed by atoms with E-state index in [-0.39, 0.29) is 36.8 Å². The zero-order chi connectivity index (χ0) is 29.2. The molecule has 4 heterocycles. The van der Waals surface area contributed by atoms with Crippen LogP contribution in [0.4, 0.5) is 13.2 Å². The van der Waals surface area contributed by atoms with E-state index in [1.165, 1.54) is 0 Å². The second-order valence-corrected chi connectivity index (χ2v) is 12.3. The topological polar surface area (TPSA) is 86.0 Å². The first-order chi connectivity index (χ1) is 19.5. The normalized spacial score (nSPS) is 27.4. The molecule has 2 unspecified atom stereocenters. The minimum absolute atomic E-state index is 0.0492. The van der Waals surface area contributed by atoms with Crippen LogP contribution < -0.4 is 10.6 Å². The van der Waals surface area contributed by atoms with E-state index in [2.05, 4.69) is 23.8 Å². The maximum Gasteiger partial charge on any atom is 0.394 e. The van der Waals surface area contributed by atoms with Gasteiger partial charge in [-0.05, 0) is 70.4 Å². The molecule has 8 nitrogen and oxygen atoms in total. The van der Waals surface area contributed by atoms with Gasteiger partial charge in [0.15, 0.2) is 5.65 Å². The highest BCUT2D eigenvalue weighted by atomic mass is 19.4. The van der Waals surface area contributed by atoms with Crippen LogP contribution in [-0.4, -0.2) is 50.5 Å². The van der Waals surface area contributed by atoms with Crippen LogP contribution in [0, 0.1) is 19.3 Å². The maximum absolute atomic E-state index is 13.7. The van der Waals surface area contributed by atoms with Gasteiger partial charge in [0.2, 0.25) is 0 Å². The van der Waals surface area contributed by atoms with E-state index in [9.17, 15) is 18.0 Å². The Morgan fingerprint density at radius 2 is 1.71 bits per heavy atom. The van der Waals surface area contributed by atoms with Gasteiger partial charge in [0.25, 0.3) is 5.56 Å². The Hall–Kier alpha value is -3.08. The number of fused-ring (bicyclic) bond motifs is 1. The standard InChI is InChI=1S/C30H37F3N6O2/c1-5-10-38(11-6-2)39-14-21(7-8-23(39)40)22-13-20(9-12-41-22)26-36-25(24-27(37-26)35-19(4)18(3)34-24)28-15-29(16-28,17-28)30(31,32)33/h7-8,14,20,22H,5-6,9-13,15-17H2,1-4H3. The quantitative estimate of drug-likeness (QED) is 0.350. The van der Waals surface area contributed by atoms with Crippen LogP contribution in [0.5, 0.6) is 0 Å². The predicted octanol–water partition coefficient (Wildman–Crippen LogP) is 5.58. The molecule has 11 heteroatoms. The Morgan fingerprint density at radius 3 is 2.37 bits per heavy atom. The molecular weight excluding hydrogens is 533 g/mol. The zero-order valence-electron chi connectivity index (χ0n) is 24.1. The number of aromatic nitrogens is 5. The predicted molar refractivity (Wildman–Crippen MR) is 149 cm³/mol. The molecule has 1 saturated heterocycles. The van der Waals surface area contributed by atoms with E-state index in [1.54, 1.807) is 10.7 Å². The number of nitrogens with zero attached hydrogens (tertiary/aromatic N) is 6. The molecule has 2 atom stereocenters. The molecule has 0 aromatic carbocycles. The first kappa shape index (κ1) is 28.1. The lowest BCUT2D eigenvalue weighted by atomic mass is 9.34. The highest BCUT2D eigenvalue weighted by molar-refractivity contribution is 5.75. The fraction of sp³-hybridized carbons (Fsp3) is 0.633. The molecule has 0 radical (unpaired) electrons. The van der Waals surface area contributed by atoms with Crippen molar-refractivity contribution in [2.45, 2.75) is 96.3 Å². The van der Waals surface area contributed by atoms with Crippen molar-refractivity contribution in [3.63, 3.8) is 0 Å². The third-order valence-corrected chi connectivity index (χ3v) is 9.30. The molecule has 220 valence electrons. The smallest absolute Gasteiger partial charge is 0.373 e. The molecule has 0 N–H and O–H groups in total. The second-order valence-electron chi connectivity index (χ2n) is 12.3. The largest absolute Gasteiger partial charge is 0.394 e. The van der Waals surface area contributed by atoms with Crippen molar-refractivity contribution < 1.29 is 17.9 Å². The third kappa shape index (κ3) is 4.60. The lowest BCUT2D eigenvalue weighted by Gasteiger charge is -2.70. The highest BCUT2D eigenvalue weighted by Gasteiger charge is 2.79. The molecular formula is C30H37F3N6O2. The number of halogens is 3.